The second-order valence-corrected chi connectivity index (χ2v) is 29.4. The van der Waals surface area contributed by atoms with Gasteiger partial charge in [0, 0.05) is 101 Å². The van der Waals surface area contributed by atoms with Crippen LogP contribution in [-0.4, -0.2) is 173 Å². The average molecular weight is 1400 g/mol. The first-order valence-corrected chi connectivity index (χ1v) is 35.1. The van der Waals surface area contributed by atoms with Crippen molar-refractivity contribution in [2.45, 2.75) is 193 Å². The summed E-state index contributed by atoms with van der Waals surface area (Å²) in [5.41, 5.74) is -5.26. The Balaban J connectivity index is 0.000000301. The number of carbonyl (C=O) groups is 6. The number of rotatable bonds is 27. The number of carbonyl (C=O) groups excluding carboxylic acids is 4. The molecular weight excluding hydrogens is 1300 g/mol. The predicted octanol–water partition coefficient (Wildman–Crippen LogP) is 9.79. The number of hydrogen-bond donors (Lipinski definition) is 6. The number of likely N-dealkylation sites (tertiary alicyclic amines) is 2. The summed E-state index contributed by atoms with van der Waals surface area (Å²) in [4.78, 5) is 80.4. The van der Waals surface area contributed by atoms with Crippen LogP contribution in [-0.2, 0) is 59.5 Å². The van der Waals surface area contributed by atoms with Crippen LogP contribution in [0.1, 0.15) is 190 Å². The van der Waals surface area contributed by atoms with Gasteiger partial charge in [0.2, 0.25) is 5.60 Å². The standard InChI is InChI=1S/C38H44F3N3O7S.C9H16O5S.C8H14O3.C6H9NO.C6H10O3.CH4/c1-3-8-30-37(51-26-21-25(2)52-23-26,12-7-18-44(30)33(47)32-28(38(39,40)41)10-6-17-42-32)34(48)43-19-15-36(49,16-20-43)27-9-4-5-11-29(27)50-24-35(13-14-35)22-31(45)46;1-3-13-8(10)6-9(4-5-9)7-14-15(2,11)12;1-2-11-7(10)5-8(6-9)3-4-8;7-4-3-6(5-8)1-2-6;7-4-6(1-2-6)3-5(8)9;/h4-6,9-11,17,21,23,30,49H,3,7-8,12-16,18-20,22,24H2,1-2H3,(H,45,46);3-7H2,1-2H3;9H,2-6H2,1H3;8H,1-3,5H2;7H,1-4H2,(H,8,9);1H4/t30-,37+;;;;;/m1...../s1. The molecule has 3 aromatic rings. The fraction of sp³-hybridized carbons (Fsp3) is 0.676. The van der Waals surface area contributed by atoms with Crippen molar-refractivity contribution in [2.24, 2.45) is 27.1 Å². The molecule has 0 spiro atoms. The van der Waals surface area contributed by atoms with Crippen molar-refractivity contribution in [3.63, 3.8) is 0 Å². The molecular formula is C68H97F3N4O19S2. The first kappa shape index (κ1) is 80.2. The van der Waals surface area contributed by atoms with E-state index in [0.29, 0.717) is 62.4 Å². The molecule has 2 aliphatic heterocycles. The number of hydrogen-bond acceptors (Lipinski definition) is 20. The smallest absolute Gasteiger partial charge is 0.418 e. The number of alkyl halides is 3. The minimum absolute atomic E-state index is 0. The van der Waals surface area contributed by atoms with E-state index in [-0.39, 0.29) is 138 Å². The molecule has 2 aromatic heterocycles. The van der Waals surface area contributed by atoms with Crippen molar-refractivity contribution >= 4 is 57.1 Å². The zero-order valence-electron chi connectivity index (χ0n) is 54.9. The highest BCUT2D eigenvalue weighted by atomic mass is 32.2. The highest BCUT2D eigenvalue weighted by Crippen LogP contribution is 2.52. The number of pyridine rings is 1. The Kier molecular flexibility index (Phi) is 28.7. The molecule has 7 fully saturated rings. The second-order valence-electron chi connectivity index (χ2n) is 26.7. The van der Waals surface area contributed by atoms with Crippen LogP contribution in [0.2, 0.25) is 0 Å². The Morgan fingerprint density at radius 2 is 1.25 bits per heavy atom. The summed E-state index contributed by atoms with van der Waals surface area (Å²) < 4.78 is 90.8. The molecule has 4 heterocycles. The van der Waals surface area contributed by atoms with E-state index in [9.17, 15) is 60.6 Å². The Morgan fingerprint density at radius 3 is 1.70 bits per heavy atom. The number of carboxylic acids is 2. The molecule has 0 radical (unpaired) electrons. The van der Waals surface area contributed by atoms with Gasteiger partial charge in [0.25, 0.3) is 21.9 Å². The van der Waals surface area contributed by atoms with E-state index in [1.165, 1.54) is 16.2 Å². The summed E-state index contributed by atoms with van der Waals surface area (Å²) in [6.45, 7) is 9.15. The molecule has 0 bridgehead atoms. The Hall–Kier alpha value is -6.48. The van der Waals surface area contributed by atoms with Crippen LogP contribution in [0.5, 0.6) is 11.5 Å². The van der Waals surface area contributed by atoms with Crippen molar-refractivity contribution in [1.29, 1.82) is 5.26 Å². The van der Waals surface area contributed by atoms with Crippen LogP contribution in [0.3, 0.4) is 0 Å². The molecule has 2 atom stereocenters. The van der Waals surface area contributed by atoms with Gasteiger partial charge in [-0.05, 0) is 135 Å². The third-order valence-corrected chi connectivity index (χ3v) is 20.1. The molecule has 23 nitrogen and oxygen atoms in total. The number of aliphatic carboxylic acids is 2. The molecule has 2 saturated heterocycles. The SMILES string of the molecule is C.CCC[C@H]1N(C(=O)c2ncccc2C(F)(F)F)CCC[C@@]1(Oc1csc(C)c1)C(=O)N1CCC(O)(c2ccccc2OCC2(CC(=O)O)CC2)CC1.CCOC(=O)CC1(CO)CC1.CCOC(=O)CC1(COS(C)(=O)=O)CC1.N#CCC1(CO)CC1.O=C(O)CC1(CO)CC1. The number of benzene rings is 1. The summed E-state index contributed by atoms with van der Waals surface area (Å²) in [7, 11) is -3.42. The van der Waals surface area contributed by atoms with Crippen molar-refractivity contribution in [1.82, 2.24) is 14.8 Å². The van der Waals surface area contributed by atoms with Gasteiger partial charge >= 0.3 is 30.1 Å². The second kappa shape index (κ2) is 34.3. The minimum atomic E-state index is -4.81. The summed E-state index contributed by atoms with van der Waals surface area (Å²) in [5.74, 6) is -2.54. The first-order chi connectivity index (χ1) is 44.8. The van der Waals surface area contributed by atoms with Crippen molar-refractivity contribution < 1.29 is 104 Å². The number of thiophene rings is 1. The predicted molar refractivity (Wildman–Crippen MR) is 347 cm³/mol. The van der Waals surface area contributed by atoms with Crippen LogP contribution in [0.25, 0.3) is 0 Å². The number of piperidine rings is 2. The van der Waals surface area contributed by atoms with Gasteiger partial charge in [-0.3, -0.25) is 37.9 Å². The zero-order chi connectivity index (χ0) is 70.1. The molecule has 96 heavy (non-hydrogen) atoms. The summed E-state index contributed by atoms with van der Waals surface area (Å²) in [6.07, 6.45) is 9.24. The van der Waals surface area contributed by atoms with Gasteiger partial charge in [0.1, 0.15) is 17.2 Å². The maximum Gasteiger partial charge on any atom is 0.418 e. The monoisotopic (exact) mass is 1390 g/mol. The lowest BCUT2D eigenvalue weighted by atomic mass is 9.78. The number of amides is 2. The van der Waals surface area contributed by atoms with Gasteiger partial charge in [-0.25, -0.2) is 0 Å². The number of ether oxygens (including phenoxy) is 4. The molecule has 5 saturated carbocycles. The van der Waals surface area contributed by atoms with E-state index in [1.54, 1.807) is 54.5 Å². The van der Waals surface area contributed by atoms with Gasteiger partial charge < -0.3 is 59.4 Å². The zero-order valence-corrected chi connectivity index (χ0v) is 56.6. The number of aliphatic hydroxyl groups excluding tert-OH is 3. The summed E-state index contributed by atoms with van der Waals surface area (Å²) in [6, 6.07) is 12.1. The Labute approximate surface area is 564 Å². The Bertz CT molecular complexity index is 3260. The van der Waals surface area contributed by atoms with Gasteiger partial charge in [0.15, 0.2) is 0 Å². The van der Waals surface area contributed by atoms with E-state index in [4.69, 9.17) is 48.8 Å². The maximum atomic E-state index is 14.9. The number of carboxylic acid groups (broad SMARTS) is 2. The summed E-state index contributed by atoms with van der Waals surface area (Å²) in [5, 5.41) is 65.8. The highest BCUT2D eigenvalue weighted by molar-refractivity contribution is 7.86. The van der Waals surface area contributed by atoms with Crippen LogP contribution in [0, 0.1) is 45.3 Å². The van der Waals surface area contributed by atoms with Gasteiger partial charge in [-0.1, -0.05) is 39.0 Å². The number of para-hydroxylation sites is 1. The van der Waals surface area contributed by atoms with Crippen molar-refractivity contribution in [2.75, 3.05) is 72.1 Å². The van der Waals surface area contributed by atoms with E-state index in [1.807, 2.05) is 13.8 Å². The van der Waals surface area contributed by atoms with E-state index in [0.717, 1.165) is 93.7 Å². The number of nitrogens with zero attached hydrogens (tertiary/aromatic N) is 4. The lowest BCUT2D eigenvalue weighted by molar-refractivity contribution is -0.163. The van der Waals surface area contributed by atoms with Crippen LogP contribution >= 0.6 is 11.3 Å². The van der Waals surface area contributed by atoms with E-state index < -0.39 is 68.1 Å². The number of aryl methyl sites for hydroxylation is 1. The fourth-order valence-electron chi connectivity index (χ4n) is 11.7. The quantitative estimate of drug-likeness (QED) is 0.0305. The van der Waals surface area contributed by atoms with Gasteiger partial charge in [-0.15, -0.1) is 11.3 Å². The van der Waals surface area contributed by atoms with Crippen molar-refractivity contribution in [3.8, 4) is 17.6 Å². The average Bonchev–Trinajstić information content (AvgIpc) is 1.75. The third kappa shape index (κ3) is 23.1. The molecule has 5 aliphatic carbocycles. The molecule has 10 rings (SSSR count). The lowest BCUT2D eigenvalue weighted by Crippen LogP contribution is -2.68. The molecule has 2 amide bonds. The fourth-order valence-corrected chi connectivity index (χ4v) is 12.8. The third-order valence-electron chi connectivity index (χ3n) is 18.7. The molecule has 536 valence electrons. The number of esters is 2. The normalized spacial score (nSPS) is 21.1. The largest absolute Gasteiger partial charge is 0.493 e. The molecule has 0 unspecified atom stereocenters. The highest BCUT2D eigenvalue weighted by Gasteiger charge is 2.57. The van der Waals surface area contributed by atoms with Crippen LogP contribution < -0.4 is 9.47 Å². The summed E-state index contributed by atoms with van der Waals surface area (Å²) >= 11 is 1.43. The molecule has 28 heteroatoms. The number of aromatic nitrogens is 1. The number of nitriles is 1. The molecule has 1 aromatic carbocycles. The number of aliphatic hydroxyl groups is 4. The van der Waals surface area contributed by atoms with Crippen molar-refractivity contribution in [3.05, 3.63) is 75.7 Å². The maximum absolute atomic E-state index is 14.9. The van der Waals surface area contributed by atoms with Crippen LogP contribution in [0.4, 0.5) is 13.2 Å². The van der Waals surface area contributed by atoms with Crippen LogP contribution in [0.15, 0.2) is 54.0 Å². The van der Waals surface area contributed by atoms with E-state index >= 15 is 0 Å². The first-order valence-electron chi connectivity index (χ1n) is 32.4. The molecule has 7 aliphatic rings. The number of halogens is 3. The lowest BCUT2D eigenvalue weighted by Gasteiger charge is -2.51. The van der Waals surface area contributed by atoms with Gasteiger partial charge in [-0.2, -0.15) is 26.9 Å². The molecule has 6 N–H and O–H groups in total. The van der Waals surface area contributed by atoms with E-state index in [2.05, 4.69) is 11.1 Å². The topological polar surface area (TPSA) is 347 Å². The Morgan fingerprint density at radius 1 is 0.729 bits per heavy atom. The minimum Gasteiger partial charge on any atom is -0.493 e. The van der Waals surface area contributed by atoms with Gasteiger partial charge in [0.05, 0.1) is 81.6 Å².